The number of hydrogen-bond acceptors (Lipinski definition) is 3. The first-order valence-electron chi connectivity index (χ1n) is 6.34. The van der Waals surface area contributed by atoms with Gasteiger partial charge in [-0.1, -0.05) is 32.3 Å². The molecular weight excluding hydrogens is 230 g/mol. The van der Waals surface area contributed by atoms with Crippen molar-refractivity contribution in [3.8, 4) is 6.07 Å². The standard InChI is InChI=1S/C14H19NOS/c1-2-11-5-3-7-14(9-11,10-15)13(16)12-6-4-8-17-12/h4,6,8,11,13,16H,2-3,5,7,9H2,1H3. The second-order valence-corrected chi connectivity index (χ2v) is 6.04. The third-order valence-electron chi connectivity index (χ3n) is 4.02. The van der Waals surface area contributed by atoms with E-state index in [4.69, 9.17) is 0 Å². The van der Waals surface area contributed by atoms with Crippen LogP contribution in [0.4, 0.5) is 0 Å². The molecule has 3 unspecified atom stereocenters. The van der Waals surface area contributed by atoms with Gasteiger partial charge in [0.05, 0.1) is 11.5 Å². The molecule has 1 fully saturated rings. The highest BCUT2D eigenvalue weighted by atomic mass is 32.1. The molecule has 0 aliphatic heterocycles. The van der Waals surface area contributed by atoms with Crippen LogP contribution < -0.4 is 0 Å². The van der Waals surface area contributed by atoms with Crippen molar-refractivity contribution in [3.63, 3.8) is 0 Å². The number of aliphatic hydroxyl groups is 1. The van der Waals surface area contributed by atoms with E-state index in [-0.39, 0.29) is 0 Å². The first-order chi connectivity index (χ1) is 8.22. The molecule has 1 aromatic rings. The number of nitriles is 1. The molecule has 0 saturated heterocycles. The zero-order valence-corrected chi connectivity index (χ0v) is 11.0. The minimum absolute atomic E-state index is 0.552. The summed E-state index contributed by atoms with van der Waals surface area (Å²) in [6, 6.07) is 6.30. The van der Waals surface area contributed by atoms with Gasteiger partial charge in [0.15, 0.2) is 0 Å². The summed E-state index contributed by atoms with van der Waals surface area (Å²) in [6.07, 6.45) is 4.45. The smallest absolute Gasteiger partial charge is 0.107 e. The lowest BCUT2D eigenvalue weighted by Crippen LogP contribution is -2.33. The van der Waals surface area contributed by atoms with Crippen LogP contribution in [0.1, 0.15) is 50.0 Å². The van der Waals surface area contributed by atoms with Crippen LogP contribution in [-0.2, 0) is 0 Å². The summed E-state index contributed by atoms with van der Waals surface area (Å²) >= 11 is 1.55. The highest BCUT2D eigenvalue weighted by Gasteiger charge is 2.43. The molecule has 0 aromatic carbocycles. The number of nitrogens with zero attached hydrogens (tertiary/aromatic N) is 1. The van der Waals surface area contributed by atoms with Crippen LogP contribution in [0.2, 0.25) is 0 Å². The monoisotopic (exact) mass is 249 g/mol. The molecule has 0 bridgehead atoms. The zero-order valence-electron chi connectivity index (χ0n) is 10.2. The van der Waals surface area contributed by atoms with Gasteiger partial charge in [0.25, 0.3) is 0 Å². The van der Waals surface area contributed by atoms with Crippen molar-refractivity contribution in [2.24, 2.45) is 11.3 Å². The number of aliphatic hydroxyl groups excluding tert-OH is 1. The Morgan fingerprint density at radius 1 is 1.71 bits per heavy atom. The van der Waals surface area contributed by atoms with Gasteiger partial charge in [-0.15, -0.1) is 11.3 Å². The maximum absolute atomic E-state index is 10.5. The largest absolute Gasteiger partial charge is 0.386 e. The molecule has 3 heteroatoms. The first kappa shape index (κ1) is 12.6. The Balaban J connectivity index is 2.22. The Morgan fingerprint density at radius 2 is 2.53 bits per heavy atom. The van der Waals surface area contributed by atoms with E-state index in [9.17, 15) is 10.4 Å². The molecule has 0 spiro atoms. The van der Waals surface area contributed by atoms with Crippen LogP contribution in [-0.4, -0.2) is 5.11 Å². The van der Waals surface area contributed by atoms with Crippen LogP contribution in [0.5, 0.6) is 0 Å². The Kier molecular flexibility index (Phi) is 3.86. The molecule has 0 amide bonds. The lowest BCUT2D eigenvalue weighted by Gasteiger charge is -2.38. The van der Waals surface area contributed by atoms with E-state index in [1.54, 1.807) is 11.3 Å². The van der Waals surface area contributed by atoms with Crippen molar-refractivity contribution in [2.45, 2.75) is 45.1 Å². The van der Waals surface area contributed by atoms with Crippen molar-refractivity contribution >= 4 is 11.3 Å². The van der Waals surface area contributed by atoms with E-state index in [2.05, 4.69) is 13.0 Å². The van der Waals surface area contributed by atoms with Crippen molar-refractivity contribution in [3.05, 3.63) is 22.4 Å². The third-order valence-corrected chi connectivity index (χ3v) is 4.95. The van der Waals surface area contributed by atoms with Gasteiger partial charge in [-0.3, -0.25) is 0 Å². The van der Waals surface area contributed by atoms with Crippen LogP contribution in [0, 0.1) is 22.7 Å². The van der Waals surface area contributed by atoms with E-state index in [0.717, 1.165) is 30.6 Å². The van der Waals surface area contributed by atoms with Gasteiger partial charge >= 0.3 is 0 Å². The topological polar surface area (TPSA) is 44.0 Å². The van der Waals surface area contributed by atoms with Crippen molar-refractivity contribution < 1.29 is 5.11 Å². The lowest BCUT2D eigenvalue weighted by atomic mass is 9.66. The summed E-state index contributed by atoms with van der Waals surface area (Å²) in [5, 5.41) is 22.0. The molecule has 1 aliphatic carbocycles. The Morgan fingerprint density at radius 3 is 3.12 bits per heavy atom. The molecule has 2 rings (SSSR count). The second kappa shape index (κ2) is 5.20. The van der Waals surface area contributed by atoms with Gasteiger partial charge in [-0.25, -0.2) is 0 Å². The molecular formula is C14H19NOS. The molecule has 1 saturated carbocycles. The fourth-order valence-electron chi connectivity index (χ4n) is 2.90. The summed E-state index contributed by atoms with van der Waals surface area (Å²) in [5.74, 6) is 0.595. The molecule has 1 heterocycles. The van der Waals surface area contributed by atoms with Crippen molar-refractivity contribution in [1.29, 1.82) is 5.26 Å². The van der Waals surface area contributed by atoms with Gasteiger partial charge in [0.1, 0.15) is 6.10 Å². The molecule has 2 nitrogen and oxygen atoms in total. The molecule has 17 heavy (non-hydrogen) atoms. The quantitative estimate of drug-likeness (QED) is 0.883. The average molecular weight is 249 g/mol. The first-order valence-corrected chi connectivity index (χ1v) is 7.22. The normalized spacial score (nSPS) is 30.8. The number of thiophene rings is 1. The van der Waals surface area contributed by atoms with Gasteiger partial charge < -0.3 is 5.11 Å². The van der Waals surface area contributed by atoms with Gasteiger partial charge in [0, 0.05) is 4.88 Å². The van der Waals surface area contributed by atoms with Gasteiger partial charge in [0.2, 0.25) is 0 Å². The van der Waals surface area contributed by atoms with Crippen LogP contribution >= 0.6 is 11.3 Å². The average Bonchev–Trinajstić information content (AvgIpc) is 2.91. The van der Waals surface area contributed by atoms with Crippen molar-refractivity contribution in [1.82, 2.24) is 0 Å². The summed E-state index contributed by atoms with van der Waals surface area (Å²) in [6.45, 7) is 2.18. The SMILES string of the molecule is CCC1CCCC(C#N)(C(O)c2cccs2)C1. The predicted octanol–water partition coefficient (Wildman–Crippen LogP) is 3.89. The highest BCUT2D eigenvalue weighted by Crippen LogP contribution is 2.49. The van der Waals surface area contributed by atoms with E-state index < -0.39 is 11.5 Å². The van der Waals surface area contributed by atoms with E-state index in [0.29, 0.717) is 5.92 Å². The lowest BCUT2D eigenvalue weighted by molar-refractivity contribution is 0.0209. The highest BCUT2D eigenvalue weighted by molar-refractivity contribution is 7.10. The Labute approximate surface area is 107 Å². The minimum Gasteiger partial charge on any atom is -0.386 e. The maximum Gasteiger partial charge on any atom is 0.107 e. The fourth-order valence-corrected chi connectivity index (χ4v) is 3.73. The molecule has 92 valence electrons. The van der Waals surface area contributed by atoms with Crippen LogP contribution in [0.25, 0.3) is 0 Å². The zero-order chi connectivity index (χ0) is 12.3. The van der Waals surface area contributed by atoms with Crippen LogP contribution in [0.15, 0.2) is 17.5 Å². The molecule has 3 atom stereocenters. The van der Waals surface area contributed by atoms with Gasteiger partial charge in [-0.05, 0) is 30.2 Å². The minimum atomic E-state index is -0.609. The number of rotatable bonds is 3. The number of hydrogen-bond donors (Lipinski definition) is 1. The van der Waals surface area contributed by atoms with Gasteiger partial charge in [-0.2, -0.15) is 5.26 Å². The van der Waals surface area contributed by atoms with Crippen LogP contribution in [0.3, 0.4) is 0 Å². The molecule has 0 radical (unpaired) electrons. The summed E-state index contributed by atoms with van der Waals surface area (Å²) < 4.78 is 0. The van der Waals surface area contributed by atoms with Crippen molar-refractivity contribution in [2.75, 3.05) is 0 Å². The third kappa shape index (κ3) is 2.38. The van der Waals surface area contributed by atoms with E-state index in [1.165, 1.54) is 6.42 Å². The summed E-state index contributed by atoms with van der Waals surface area (Å²) in [4.78, 5) is 0.934. The summed E-state index contributed by atoms with van der Waals surface area (Å²) in [7, 11) is 0. The predicted molar refractivity (Wildman–Crippen MR) is 69.6 cm³/mol. The summed E-state index contributed by atoms with van der Waals surface area (Å²) in [5.41, 5.74) is -0.552. The maximum atomic E-state index is 10.5. The Hall–Kier alpha value is -0.850. The fraction of sp³-hybridized carbons (Fsp3) is 0.643. The molecule has 1 aliphatic rings. The second-order valence-electron chi connectivity index (χ2n) is 5.06. The molecule has 1 N–H and O–H groups in total. The van der Waals surface area contributed by atoms with E-state index in [1.807, 2.05) is 17.5 Å². The Bertz CT molecular complexity index is 395. The molecule has 1 aromatic heterocycles. The van der Waals surface area contributed by atoms with E-state index >= 15 is 0 Å².